The number of nitrogens with zero attached hydrogens (tertiary/aromatic N) is 5. The molecule has 3 aromatic rings. The van der Waals surface area contributed by atoms with Gasteiger partial charge in [0.15, 0.2) is 12.1 Å². The van der Waals surface area contributed by atoms with Crippen LogP contribution in [0.3, 0.4) is 0 Å². The van der Waals surface area contributed by atoms with E-state index in [1.54, 1.807) is 0 Å². The zero-order valence-electron chi connectivity index (χ0n) is 18.4. The first-order valence-electron chi connectivity index (χ1n) is 11.0. The van der Waals surface area contributed by atoms with E-state index < -0.39 is 47.4 Å². The number of hydrogen-bond donors (Lipinski definition) is 2. The maximum Gasteiger partial charge on any atom is 0.332 e. The van der Waals surface area contributed by atoms with E-state index in [2.05, 4.69) is 20.8 Å². The minimum absolute atomic E-state index is 0.141. The number of aliphatic hydroxyl groups is 1. The van der Waals surface area contributed by atoms with Gasteiger partial charge in [-0.25, -0.2) is 9.48 Å². The van der Waals surface area contributed by atoms with Crippen LogP contribution >= 0.6 is 11.8 Å². The van der Waals surface area contributed by atoms with E-state index in [0.29, 0.717) is 0 Å². The third kappa shape index (κ3) is 4.62. The molecule has 5 rings (SSSR count). The SMILES string of the molecule is O=C(Cn1cnnn1)N[C@@H]1C(=O)N2[C@@H]1SCC(O)[C@@H]2C(=O)OC(c1ccccc1)c1ccccc1. The minimum Gasteiger partial charge on any atom is -0.451 e. The van der Waals surface area contributed by atoms with Crippen molar-refractivity contribution in [1.82, 2.24) is 30.4 Å². The van der Waals surface area contributed by atoms with E-state index in [-0.39, 0.29) is 12.3 Å². The highest BCUT2D eigenvalue weighted by atomic mass is 32.2. The predicted molar refractivity (Wildman–Crippen MR) is 123 cm³/mol. The number of aliphatic hydroxyl groups excluding tert-OH is 1. The average Bonchev–Trinajstić information content (AvgIpc) is 3.39. The fourth-order valence-corrected chi connectivity index (χ4v) is 5.57. The molecule has 1 unspecified atom stereocenters. The molecule has 2 aliphatic rings. The number of aromatic nitrogens is 4. The van der Waals surface area contributed by atoms with Crippen molar-refractivity contribution in [3.05, 3.63) is 78.1 Å². The van der Waals surface area contributed by atoms with Gasteiger partial charge in [0.2, 0.25) is 11.8 Å². The number of esters is 1. The zero-order chi connectivity index (χ0) is 24.4. The summed E-state index contributed by atoms with van der Waals surface area (Å²) in [5, 5.41) is 23.4. The molecule has 4 atom stereocenters. The third-order valence-electron chi connectivity index (χ3n) is 5.88. The van der Waals surface area contributed by atoms with Gasteiger partial charge in [-0.1, -0.05) is 60.7 Å². The van der Waals surface area contributed by atoms with Gasteiger partial charge in [0.25, 0.3) is 0 Å². The van der Waals surface area contributed by atoms with Crippen molar-refractivity contribution in [2.24, 2.45) is 0 Å². The van der Waals surface area contributed by atoms with Gasteiger partial charge in [-0.15, -0.1) is 16.9 Å². The number of benzene rings is 2. The standard InChI is InChI=1S/C23H22N6O5S/c30-16-12-35-22-18(25-17(31)11-28-13-24-26-27-28)21(32)29(22)19(16)23(33)34-20(14-7-3-1-4-8-14)15-9-5-2-6-10-15/h1-10,13,16,18-20,22,30H,11-12H2,(H,25,31)/t16?,18-,19-,22-/m1/s1. The molecule has 2 fully saturated rings. The second-order valence-electron chi connectivity index (χ2n) is 8.17. The highest BCUT2D eigenvalue weighted by molar-refractivity contribution is 8.00. The summed E-state index contributed by atoms with van der Waals surface area (Å²) in [4.78, 5) is 39.9. The van der Waals surface area contributed by atoms with Crippen LogP contribution in [0.4, 0.5) is 0 Å². The van der Waals surface area contributed by atoms with Crippen LogP contribution in [0.1, 0.15) is 17.2 Å². The number of tetrazole rings is 1. The monoisotopic (exact) mass is 494 g/mol. The lowest BCUT2D eigenvalue weighted by molar-refractivity contribution is -0.173. The Morgan fingerprint density at radius 1 is 1.11 bits per heavy atom. The Labute approximate surface area is 204 Å². The minimum atomic E-state index is -1.17. The summed E-state index contributed by atoms with van der Waals surface area (Å²) in [7, 11) is 0. The molecule has 2 aromatic carbocycles. The van der Waals surface area contributed by atoms with Gasteiger partial charge < -0.3 is 20.1 Å². The Kier molecular flexibility index (Phi) is 6.47. The van der Waals surface area contributed by atoms with E-state index in [1.165, 1.54) is 27.7 Å². The molecule has 2 saturated heterocycles. The number of fused-ring (bicyclic) bond motifs is 1. The molecule has 2 amide bonds. The predicted octanol–water partition coefficient (Wildman–Crippen LogP) is 0.135. The van der Waals surface area contributed by atoms with Crippen molar-refractivity contribution < 1.29 is 24.2 Å². The molecule has 12 heteroatoms. The lowest BCUT2D eigenvalue weighted by Crippen LogP contribution is -2.76. The number of hydrogen-bond acceptors (Lipinski definition) is 9. The van der Waals surface area contributed by atoms with E-state index in [4.69, 9.17) is 4.74 Å². The Hall–Kier alpha value is -3.77. The molecule has 0 bridgehead atoms. The van der Waals surface area contributed by atoms with Gasteiger partial charge in [-0.05, 0) is 21.6 Å². The molecule has 180 valence electrons. The van der Waals surface area contributed by atoms with Gasteiger partial charge in [0.1, 0.15) is 24.3 Å². The number of thioether (sulfide) groups is 1. The summed E-state index contributed by atoms with van der Waals surface area (Å²) in [6.07, 6.45) is -0.506. The van der Waals surface area contributed by atoms with E-state index >= 15 is 0 Å². The van der Waals surface area contributed by atoms with Gasteiger partial charge in [0, 0.05) is 5.75 Å². The van der Waals surface area contributed by atoms with E-state index in [1.807, 2.05) is 60.7 Å². The topological polar surface area (TPSA) is 140 Å². The molecule has 3 heterocycles. The molecule has 0 aliphatic carbocycles. The number of ether oxygens (including phenoxy) is 1. The van der Waals surface area contributed by atoms with Crippen LogP contribution in [0, 0.1) is 0 Å². The Morgan fingerprint density at radius 2 is 1.77 bits per heavy atom. The smallest absolute Gasteiger partial charge is 0.332 e. The number of nitrogens with one attached hydrogen (secondary N) is 1. The summed E-state index contributed by atoms with van der Waals surface area (Å²) in [6.45, 7) is -0.141. The van der Waals surface area contributed by atoms with Gasteiger partial charge in [-0.3, -0.25) is 9.59 Å². The molecular weight excluding hydrogens is 472 g/mol. The first-order valence-corrected chi connectivity index (χ1v) is 12.0. The Bertz CT molecular complexity index is 1160. The van der Waals surface area contributed by atoms with Crippen LogP contribution < -0.4 is 5.32 Å². The molecule has 0 radical (unpaired) electrons. The molecule has 0 saturated carbocycles. The van der Waals surface area contributed by atoms with Crippen molar-refractivity contribution in [2.45, 2.75) is 36.2 Å². The Balaban J connectivity index is 1.31. The van der Waals surface area contributed by atoms with E-state index in [9.17, 15) is 19.5 Å². The first kappa shape index (κ1) is 23.0. The highest BCUT2D eigenvalue weighted by Crippen LogP contribution is 2.39. The number of carbonyl (C=O) groups is 3. The molecule has 11 nitrogen and oxygen atoms in total. The highest BCUT2D eigenvalue weighted by Gasteiger charge is 2.58. The van der Waals surface area contributed by atoms with Crippen LogP contribution in [-0.4, -0.2) is 77.3 Å². The van der Waals surface area contributed by atoms with Crippen molar-refractivity contribution in [3.8, 4) is 0 Å². The Morgan fingerprint density at radius 3 is 2.37 bits per heavy atom. The summed E-state index contributed by atoms with van der Waals surface area (Å²) >= 11 is 1.30. The number of carbonyl (C=O) groups excluding carboxylic acids is 3. The molecule has 35 heavy (non-hydrogen) atoms. The van der Waals surface area contributed by atoms with Gasteiger partial charge >= 0.3 is 5.97 Å². The summed E-state index contributed by atoms with van der Waals surface area (Å²) in [5.41, 5.74) is 1.54. The van der Waals surface area contributed by atoms with Crippen molar-refractivity contribution in [2.75, 3.05) is 5.75 Å². The summed E-state index contributed by atoms with van der Waals surface area (Å²) in [5.74, 6) is -1.37. The first-order chi connectivity index (χ1) is 17.0. The fraction of sp³-hybridized carbons (Fsp3) is 0.304. The van der Waals surface area contributed by atoms with Gasteiger partial charge in [0.05, 0.1) is 6.10 Å². The van der Waals surface area contributed by atoms with Crippen LogP contribution in [-0.2, 0) is 25.7 Å². The molecule has 2 N–H and O–H groups in total. The molecule has 2 aliphatic heterocycles. The van der Waals surface area contributed by atoms with Crippen molar-refractivity contribution in [3.63, 3.8) is 0 Å². The molecule has 0 spiro atoms. The maximum absolute atomic E-state index is 13.3. The lowest BCUT2D eigenvalue weighted by atomic mass is 9.98. The second-order valence-corrected chi connectivity index (χ2v) is 9.32. The van der Waals surface area contributed by atoms with Crippen LogP contribution in [0.15, 0.2) is 67.0 Å². The van der Waals surface area contributed by atoms with Crippen molar-refractivity contribution in [1.29, 1.82) is 0 Å². The van der Waals surface area contributed by atoms with Crippen LogP contribution in [0.25, 0.3) is 0 Å². The zero-order valence-corrected chi connectivity index (χ0v) is 19.2. The van der Waals surface area contributed by atoms with E-state index in [0.717, 1.165) is 11.1 Å². The number of β-lactam (4-membered cyclic amide) rings is 1. The molecular formula is C23H22N6O5S. The number of amides is 2. The second kappa shape index (κ2) is 9.84. The third-order valence-corrected chi connectivity index (χ3v) is 7.25. The maximum atomic E-state index is 13.3. The fourth-order valence-electron chi connectivity index (χ4n) is 4.22. The normalized spacial score (nSPS) is 23.4. The number of rotatable bonds is 7. The summed E-state index contributed by atoms with van der Waals surface area (Å²) < 4.78 is 7.14. The van der Waals surface area contributed by atoms with Crippen LogP contribution in [0.2, 0.25) is 0 Å². The van der Waals surface area contributed by atoms with Crippen molar-refractivity contribution >= 4 is 29.5 Å². The van der Waals surface area contributed by atoms with Crippen LogP contribution in [0.5, 0.6) is 0 Å². The summed E-state index contributed by atoms with van der Waals surface area (Å²) in [6, 6.07) is 16.6. The average molecular weight is 495 g/mol. The lowest BCUT2D eigenvalue weighted by Gasteiger charge is -2.53. The largest absolute Gasteiger partial charge is 0.451 e. The quantitative estimate of drug-likeness (QED) is 0.347. The van der Waals surface area contributed by atoms with Gasteiger partial charge in [-0.2, -0.15) is 0 Å². The molecule has 1 aromatic heterocycles.